The fourth-order valence-corrected chi connectivity index (χ4v) is 4.84. The maximum atomic E-state index is 13.2. The number of oxazole rings is 1. The molecule has 0 saturated heterocycles. The number of carbonyl (C=O) groups is 1. The average Bonchev–Trinajstić information content (AvgIpc) is 3.56. The van der Waals surface area contributed by atoms with E-state index in [9.17, 15) is 4.79 Å². The molecule has 3 aromatic carbocycles. The van der Waals surface area contributed by atoms with Crippen LogP contribution in [0.2, 0.25) is 0 Å². The zero-order chi connectivity index (χ0) is 30.4. The molecular weight excluding hydrogens is 540 g/mol. The molecule has 0 N–H and O–H groups in total. The number of nitrogens with zero attached hydrogens (tertiary/aromatic N) is 2. The highest BCUT2D eigenvalue weighted by atomic mass is 16.6. The van der Waals surface area contributed by atoms with E-state index in [2.05, 4.69) is 4.98 Å². The molecule has 0 aliphatic rings. The Morgan fingerprint density at radius 3 is 2.40 bits per heavy atom. The molecule has 0 aliphatic carbocycles. The number of methoxy groups -OCH3 is 1. The molecule has 0 fully saturated rings. The van der Waals surface area contributed by atoms with Crippen molar-refractivity contribution in [3.8, 4) is 23.0 Å². The topological polar surface area (TPSA) is 75.7 Å². The van der Waals surface area contributed by atoms with Gasteiger partial charge in [-0.1, -0.05) is 42.5 Å². The smallest absolute Gasteiger partial charge is 0.340 e. The Kier molecular flexibility index (Phi) is 9.00. The second-order valence-electron chi connectivity index (χ2n) is 11.5. The molecule has 0 radical (unpaired) electrons. The summed E-state index contributed by atoms with van der Waals surface area (Å²) in [6.45, 7) is 8.65. The second-order valence-corrected chi connectivity index (χ2v) is 11.5. The van der Waals surface area contributed by atoms with Crippen molar-refractivity contribution >= 4 is 5.97 Å². The summed E-state index contributed by atoms with van der Waals surface area (Å²) in [5, 5.41) is 0. The van der Waals surface area contributed by atoms with Crippen molar-refractivity contribution in [3.63, 3.8) is 0 Å². The van der Waals surface area contributed by atoms with Gasteiger partial charge in [0.1, 0.15) is 22.9 Å². The van der Waals surface area contributed by atoms with Gasteiger partial charge in [-0.15, -0.1) is 0 Å². The molecule has 0 spiro atoms. The van der Waals surface area contributed by atoms with Gasteiger partial charge in [0.05, 0.1) is 25.0 Å². The van der Waals surface area contributed by atoms with Gasteiger partial charge in [0.25, 0.3) is 0 Å². The van der Waals surface area contributed by atoms with Gasteiger partial charge >= 0.3 is 5.97 Å². The van der Waals surface area contributed by atoms with Gasteiger partial charge in [0.15, 0.2) is 0 Å². The molecule has 7 heteroatoms. The minimum absolute atomic E-state index is 0.332. The maximum absolute atomic E-state index is 13.2. The molecule has 43 heavy (non-hydrogen) atoms. The van der Waals surface area contributed by atoms with Gasteiger partial charge in [0, 0.05) is 30.9 Å². The third-order valence-corrected chi connectivity index (χ3v) is 6.92. The van der Waals surface area contributed by atoms with Gasteiger partial charge in [-0.3, -0.25) is 0 Å². The van der Waals surface area contributed by atoms with Crippen LogP contribution >= 0.6 is 0 Å². The molecule has 0 atom stereocenters. The zero-order valence-electron chi connectivity index (χ0n) is 25.4. The van der Waals surface area contributed by atoms with Crippen LogP contribution in [-0.4, -0.2) is 34.8 Å². The van der Waals surface area contributed by atoms with E-state index in [0.29, 0.717) is 37.4 Å². The predicted molar refractivity (Wildman–Crippen MR) is 167 cm³/mol. The third-order valence-electron chi connectivity index (χ3n) is 6.92. The Balaban J connectivity index is 1.28. The third kappa shape index (κ3) is 7.95. The number of hydrogen-bond donors (Lipinski definition) is 0. The van der Waals surface area contributed by atoms with E-state index in [4.69, 9.17) is 18.6 Å². The van der Waals surface area contributed by atoms with Crippen molar-refractivity contribution in [2.24, 2.45) is 0 Å². The summed E-state index contributed by atoms with van der Waals surface area (Å²) < 4.78 is 25.1. The molecule has 0 unspecified atom stereocenters. The van der Waals surface area contributed by atoms with Crippen molar-refractivity contribution in [2.75, 3.05) is 13.7 Å². The Bertz CT molecular complexity index is 1660. The molecule has 222 valence electrons. The lowest BCUT2D eigenvalue weighted by atomic mass is 10.0. The highest BCUT2D eigenvalue weighted by molar-refractivity contribution is 5.91. The van der Waals surface area contributed by atoms with Crippen molar-refractivity contribution in [3.05, 3.63) is 125 Å². The first kappa shape index (κ1) is 29.7. The molecular formula is C36H38N2O5. The molecule has 5 aromatic rings. The van der Waals surface area contributed by atoms with Crippen LogP contribution < -0.4 is 9.47 Å². The minimum atomic E-state index is -0.593. The van der Waals surface area contributed by atoms with E-state index < -0.39 is 5.60 Å². The van der Waals surface area contributed by atoms with Gasteiger partial charge < -0.3 is 23.2 Å². The van der Waals surface area contributed by atoms with Crippen molar-refractivity contribution < 1.29 is 23.4 Å². The van der Waals surface area contributed by atoms with Gasteiger partial charge in [-0.25, -0.2) is 9.78 Å². The number of aryl methyl sites for hydroxylation is 1. The van der Waals surface area contributed by atoms with Crippen LogP contribution in [0.25, 0.3) is 11.5 Å². The quantitative estimate of drug-likeness (QED) is 0.150. The number of aromatic nitrogens is 2. The summed E-state index contributed by atoms with van der Waals surface area (Å²) in [6, 6.07) is 25.8. The van der Waals surface area contributed by atoms with Crippen molar-refractivity contribution in [1.29, 1.82) is 0 Å². The Morgan fingerprint density at radius 2 is 1.67 bits per heavy atom. The monoisotopic (exact) mass is 578 g/mol. The molecule has 2 heterocycles. The van der Waals surface area contributed by atoms with E-state index in [1.807, 2.05) is 124 Å². The first-order valence-corrected chi connectivity index (χ1v) is 14.5. The number of rotatable bonds is 11. The van der Waals surface area contributed by atoms with E-state index in [1.165, 1.54) is 0 Å². The standard InChI is InChI=1S/C36H38N2O5/c1-25-33(37-34(42-25)28-11-7-6-8-12-28)18-19-41-31-13-9-10-27(21-31)20-29-23-38(22-26-14-16-30(40-5)17-15-26)24-32(29)35(39)43-36(2,3)4/h6-17,21,23-24H,18-20,22H2,1-5H3. The van der Waals surface area contributed by atoms with Crippen molar-refractivity contribution in [2.45, 2.75) is 52.7 Å². The molecule has 0 amide bonds. The number of hydrogen-bond acceptors (Lipinski definition) is 6. The van der Waals surface area contributed by atoms with E-state index in [0.717, 1.165) is 45.2 Å². The fourth-order valence-electron chi connectivity index (χ4n) is 4.84. The number of ether oxygens (including phenoxy) is 3. The molecule has 2 aromatic heterocycles. The van der Waals surface area contributed by atoms with Crippen LogP contribution in [0.3, 0.4) is 0 Å². The second kappa shape index (κ2) is 13.0. The highest BCUT2D eigenvalue weighted by Gasteiger charge is 2.22. The van der Waals surface area contributed by atoms with Gasteiger partial charge in [-0.2, -0.15) is 0 Å². The van der Waals surface area contributed by atoms with Crippen LogP contribution in [0, 0.1) is 6.92 Å². The largest absolute Gasteiger partial charge is 0.497 e. The van der Waals surface area contributed by atoms with Gasteiger partial charge in [-0.05, 0) is 87.2 Å². The summed E-state index contributed by atoms with van der Waals surface area (Å²) in [7, 11) is 1.65. The normalized spacial score (nSPS) is 11.4. The lowest BCUT2D eigenvalue weighted by Gasteiger charge is -2.19. The Labute approximate surface area is 253 Å². The van der Waals surface area contributed by atoms with Crippen LogP contribution in [0.1, 0.15) is 59.3 Å². The maximum Gasteiger partial charge on any atom is 0.340 e. The molecule has 5 rings (SSSR count). The number of esters is 1. The predicted octanol–water partition coefficient (Wildman–Crippen LogP) is 7.68. The van der Waals surface area contributed by atoms with E-state index >= 15 is 0 Å². The van der Waals surface area contributed by atoms with Crippen LogP contribution in [-0.2, 0) is 24.1 Å². The van der Waals surface area contributed by atoms with Gasteiger partial charge in [0.2, 0.25) is 5.89 Å². The summed E-state index contributed by atoms with van der Waals surface area (Å²) in [6.07, 6.45) is 5.08. The lowest BCUT2D eigenvalue weighted by molar-refractivity contribution is 0.00685. The van der Waals surface area contributed by atoms with Crippen LogP contribution in [0.5, 0.6) is 11.5 Å². The van der Waals surface area contributed by atoms with Crippen molar-refractivity contribution in [1.82, 2.24) is 9.55 Å². The summed E-state index contributed by atoms with van der Waals surface area (Å²) in [5.74, 6) is 2.65. The first-order chi connectivity index (χ1) is 20.7. The lowest BCUT2D eigenvalue weighted by Crippen LogP contribution is -2.24. The summed E-state index contributed by atoms with van der Waals surface area (Å²) >= 11 is 0. The summed E-state index contributed by atoms with van der Waals surface area (Å²) in [4.78, 5) is 17.9. The first-order valence-electron chi connectivity index (χ1n) is 14.5. The SMILES string of the molecule is COc1ccc(Cn2cc(Cc3cccc(OCCc4nc(-c5ccccc5)oc4C)c3)c(C(=O)OC(C)(C)C)c2)cc1. The molecule has 0 aliphatic heterocycles. The molecule has 7 nitrogen and oxygen atoms in total. The Morgan fingerprint density at radius 1 is 0.907 bits per heavy atom. The fraction of sp³-hybridized carbons (Fsp3) is 0.278. The number of benzene rings is 3. The van der Waals surface area contributed by atoms with Crippen LogP contribution in [0.15, 0.2) is 95.7 Å². The molecule has 0 bridgehead atoms. The zero-order valence-corrected chi connectivity index (χ0v) is 25.4. The highest BCUT2D eigenvalue weighted by Crippen LogP contribution is 2.25. The minimum Gasteiger partial charge on any atom is -0.497 e. The van der Waals surface area contributed by atoms with E-state index in [1.54, 1.807) is 7.11 Å². The average molecular weight is 579 g/mol. The summed E-state index contributed by atoms with van der Waals surface area (Å²) in [5.41, 5.74) is 4.84. The number of carbonyl (C=O) groups excluding carboxylic acids is 1. The van der Waals surface area contributed by atoms with Crippen LogP contribution in [0.4, 0.5) is 0 Å². The Hall–Kier alpha value is -4.78. The molecule has 0 saturated carbocycles. The van der Waals surface area contributed by atoms with E-state index in [-0.39, 0.29) is 5.97 Å².